The number of amides is 1. The molecule has 0 heterocycles. The minimum atomic E-state index is -0.713. The number of aryl methyl sites for hydroxylation is 1. The van der Waals surface area contributed by atoms with Gasteiger partial charge in [0.05, 0.1) is 12.8 Å². The summed E-state index contributed by atoms with van der Waals surface area (Å²) in [6.45, 7) is 2.03. The first-order valence-corrected chi connectivity index (χ1v) is 8.61. The van der Waals surface area contributed by atoms with E-state index in [-0.39, 0.29) is 11.8 Å². The van der Waals surface area contributed by atoms with Crippen molar-refractivity contribution >= 4 is 12.1 Å². The van der Waals surface area contributed by atoms with Gasteiger partial charge in [-0.1, -0.05) is 18.2 Å². The second-order valence-corrected chi connectivity index (χ2v) is 6.29. The maximum atomic E-state index is 10.5. The van der Waals surface area contributed by atoms with Crippen LogP contribution < -0.4 is 15.4 Å². The Morgan fingerprint density at radius 2 is 1.85 bits per heavy atom. The van der Waals surface area contributed by atoms with Crippen LogP contribution in [0.1, 0.15) is 24.5 Å². The Kier molecular flexibility index (Phi) is 7.44. The molecule has 6 heteroatoms. The van der Waals surface area contributed by atoms with E-state index >= 15 is 0 Å². The first kappa shape index (κ1) is 19.8. The number of hydrogen-bond acceptors (Lipinski definition) is 5. The Balaban J connectivity index is 1.81. The third-order valence-electron chi connectivity index (χ3n) is 4.21. The number of carbonyl (C=O) groups excluding carboxylic acids is 1. The predicted octanol–water partition coefficient (Wildman–Crippen LogP) is 2.44. The molecule has 2 aromatic carbocycles. The van der Waals surface area contributed by atoms with Gasteiger partial charge in [-0.25, -0.2) is 0 Å². The van der Waals surface area contributed by atoms with E-state index in [1.165, 1.54) is 11.6 Å². The number of rotatable bonds is 10. The van der Waals surface area contributed by atoms with Crippen molar-refractivity contribution in [1.29, 1.82) is 0 Å². The highest BCUT2D eigenvalue weighted by Crippen LogP contribution is 2.24. The molecule has 0 saturated heterocycles. The van der Waals surface area contributed by atoms with Crippen LogP contribution >= 0.6 is 0 Å². The van der Waals surface area contributed by atoms with Crippen LogP contribution in [-0.2, 0) is 17.6 Å². The highest BCUT2D eigenvalue weighted by molar-refractivity contribution is 5.75. The summed E-state index contributed by atoms with van der Waals surface area (Å²) < 4.78 is 5.15. The lowest BCUT2D eigenvalue weighted by Gasteiger charge is -2.19. The SMILES string of the molecule is COc1ccc(CC[C@@H](C)N[C@H](O)Cc2ccc(O)c(NC=O)c2)cc1. The van der Waals surface area contributed by atoms with E-state index in [9.17, 15) is 15.0 Å². The Hall–Kier alpha value is -2.57. The number of aromatic hydroxyl groups is 1. The molecule has 0 unspecified atom stereocenters. The van der Waals surface area contributed by atoms with Crippen molar-refractivity contribution in [3.8, 4) is 11.5 Å². The molecule has 26 heavy (non-hydrogen) atoms. The summed E-state index contributed by atoms with van der Waals surface area (Å²) in [6.07, 6.45) is 1.96. The number of hydrogen-bond donors (Lipinski definition) is 4. The average Bonchev–Trinajstić information content (AvgIpc) is 2.63. The third kappa shape index (κ3) is 6.06. The molecule has 2 rings (SSSR count). The van der Waals surface area contributed by atoms with Gasteiger partial charge in [0.25, 0.3) is 0 Å². The minimum absolute atomic E-state index is 0.00356. The van der Waals surface area contributed by atoms with E-state index in [0.29, 0.717) is 18.5 Å². The van der Waals surface area contributed by atoms with Gasteiger partial charge in [-0.2, -0.15) is 0 Å². The number of benzene rings is 2. The van der Waals surface area contributed by atoms with Crippen molar-refractivity contribution in [2.45, 2.75) is 38.5 Å². The van der Waals surface area contributed by atoms with Gasteiger partial charge in [0.15, 0.2) is 0 Å². The molecular weight excluding hydrogens is 332 g/mol. The minimum Gasteiger partial charge on any atom is -0.506 e. The van der Waals surface area contributed by atoms with Crippen molar-refractivity contribution in [2.24, 2.45) is 0 Å². The van der Waals surface area contributed by atoms with Crippen LogP contribution in [0.2, 0.25) is 0 Å². The van der Waals surface area contributed by atoms with Crippen molar-refractivity contribution in [1.82, 2.24) is 5.32 Å². The van der Waals surface area contributed by atoms with Gasteiger partial charge in [0.1, 0.15) is 17.7 Å². The van der Waals surface area contributed by atoms with E-state index in [1.54, 1.807) is 19.2 Å². The van der Waals surface area contributed by atoms with Crippen LogP contribution in [-0.4, -0.2) is 36.0 Å². The Bertz CT molecular complexity index is 703. The highest BCUT2D eigenvalue weighted by atomic mass is 16.5. The summed E-state index contributed by atoms with van der Waals surface area (Å²) in [4.78, 5) is 10.5. The van der Waals surface area contributed by atoms with Crippen LogP contribution in [0.5, 0.6) is 11.5 Å². The monoisotopic (exact) mass is 358 g/mol. The molecule has 0 bridgehead atoms. The zero-order chi connectivity index (χ0) is 18.9. The highest BCUT2D eigenvalue weighted by Gasteiger charge is 2.11. The first-order valence-electron chi connectivity index (χ1n) is 8.61. The molecule has 4 N–H and O–H groups in total. The molecule has 0 aliphatic rings. The van der Waals surface area contributed by atoms with Crippen LogP contribution in [0.15, 0.2) is 42.5 Å². The maximum absolute atomic E-state index is 10.5. The van der Waals surface area contributed by atoms with E-state index in [2.05, 4.69) is 10.6 Å². The maximum Gasteiger partial charge on any atom is 0.211 e. The van der Waals surface area contributed by atoms with Crippen LogP contribution in [0.4, 0.5) is 5.69 Å². The summed E-state index contributed by atoms with van der Waals surface area (Å²) in [7, 11) is 1.65. The van der Waals surface area contributed by atoms with Gasteiger partial charge in [-0.05, 0) is 55.2 Å². The molecule has 140 valence electrons. The molecule has 2 atom stereocenters. The normalized spacial score (nSPS) is 13.0. The second kappa shape index (κ2) is 9.79. The summed E-state index contributed by atoms with van der Waals surface area (Å²) >= 11 is 0. The smallest absolute Gasteiger partial charge is 0.211 e. The molecule has 1 amide bonds. The number of ether oxygens (including phenoxy) is 1. The van der Waals surface area contributed by atoms with E-state index in [0.717, 1.165) is 24.2 Å². The average molecular weight is 358 g/mol. The zero-order valence-corrected chi connectivity index (χ0v) is 15.1. The summed E-state index contributed by atoms with van der Waals surface area (Å²) in [5.41, 5.74) is 2.36. The number of carbonyl (C=O) groups is 1. The molecule has 0 aliphatic heterocycles. The lowest BCUT2D eigenvalue weighted by atomic mass is 10.0. The number of anilines is 1. The van der Waals surface area contributed by atoms with Gasteiger partial charge < -0.3 is 20.3 Å². The van der Waals surface area contributed by atoms with Gasteiger partial charge in [-0.3, -0.25) is 10.1 Å². The number of methoxy groups -OCH3 is 1. The number of phenolic OH excluding ortho intramolecular Hbond substituents is 1. The molecule has 6 nitrogen and oxygen atoms in total. The van der Waals surface area contributed by atoms with Gasteiger partial charge in [0.2, 0.25) is 6.41 Å². The number of aliphatic hydroxyl groups is 1. The van der Waals surface area contributed by atoms with Crippen molar-refractivity contribution in [3.63, 3.8) is 0 Å². The topological polar surface area (TPSA) is 90.8 Å². The fraction of sp³-hybridized carbons (Fsp3) is 0.350. The van der Waals surface area contributed by atoms with Gasteiger partial charge in [-0.15, -0.1) is 0 Å². The fourth-order valence-electron chi connectivity index (χ4n) is 2.76. The van der Waals surface area contributed by atoms with Crippen molar-refractivity contribution in [2.75, 3.05) is 12.4 Å². The Morgan fingerprint density at radius 1 is 1.15 bits per heavy atom. The fourth-order valence-corrected chi connectivity index (χ4v) is 2.76. The van der Waals surface area contributed by atoms with Crippen LogP contribution in [0, 0.1) is 0 Å². The quantitative estimate of drug-likeness (QED) is 0.297. The van der Waals surface area contributed by atoms with Crippen molar-refractivity contribution in [3.05, 3.63) is 53.6 Å². The summed E-state index contributed by atoms with van der Waals surface area (Å²) in [6, 6.07) is 13.0. The molecule has 0 spiro atoms. The van der Waals surface area contributed by atoms with E-state index in [4.69, 9.17) is 4.74 Å². The molecule has 0 saturated carbocycles. The standard InChI is InChI=1S/C20H26N2O4/c1-14(3-4-15-5-8-17(26-2)9-6-15)22-20(25)12-16-7-10-19(24)18(11-16)21-13-23/h5-11,13-14,20,22,24-25H,3-4,12H2,1-2H3,(H,21,23)/t14-,20-/m1/s1. The van der Waals surface area contributed by atoms with E-state index < -0.39 is 6.23 Å². The van der Waals surface area contributed by atoms with E-state index in [1.807, 2.05) is 31.2 Å². The summed E-state index contributed by atoms with van der Waals surface area (Å²) in [5, 5.41) is 25.5. The lowest BCUT2D eigenvalue weighted by Crippen LogP contribution is -2.38. The van der Waals surface area contributed by atoms with Crippen LogP contribution in [0.25, 0.3) is 0 Å². The third-order valence-corrected chi connectivity index (χ3v) is 4.21. The second-order valence-electron chi connectivity index (χ2n) is 6.29. The zero-order valence-electron chi connectivity index (χ0n) is 15.1. The lowest BCUT2D eigenvalue weighted by molar-refractivity contribution is -0.105. The van der Waals surface area contributed by atoms with Crippen molar-refractivity contribution < 1.29 is 19.7 Å². The molecule has 0 fully saturated rings. The predicted molar refractivity (Wildman–Crippen MR) is 101 cm³/mol. The number of phenols is 1. The van der Waals surface area contributed by atoms with Crippen LogP contribution in [0.3, 0.4) is 0 Å². The molecule has 0 radical (unpaired) electrons. The summed E-state index contributed by atoms with van der Waals surface area (Å²) in [5.74, 6) is 0.837. The first-order chi connectivity index (χ1) is 12.5. The molecular formula is C20H26N2O4. The number of aliphatic hydroxyl groups excluding tert-OH is 1. The number of nitrogens with one attached hydrogen (secondary N) is 2. The van der Waals surface area contributed by atoms with Gasteiger partial charge in [0, 0.05) is 12.5 Å². The Labute approximate surface area is 153 Å². The molecule has 0 aromatic heterocycles. The molecule has 0 aliphatic carbocycles. The molecule has 2 aromatic rings. The Morgan fingerprint density at radius 3 is 2.50 bits per heavy atom. The largest absolute Gasteiger partial charge is 0.506 e. The van der Waals surface area contributed by atoms with Gasteiger partial charge >= 0.3 is 0 Å².